The molecule has 0 saturated heterocycles. The van der Waals surface area contributed by atoms with E-state index >= 15 is 0 Å². The zero-order valence-corrected chi connectivity index (χ0v) is 45.1. The van der Waals surface area contributed by atoms with Crippen LogP contribution in [0.25, 0.3) is 33.4 Å². The molecule has 0 spiro atoms. The molecule has 0 N–H and O–H groups in total. The van der Waals surface area contributed by atoms with Crippen molar-refractivity contribution in [2.45, 2.75) is 118 Å². The second-order valence-electron chi connectivity index (χ2n) is 21.7. The Balaban J connectivity index is 0.00000340. The van der Waals surface area contributed by atoms with Gasteiger partial charge in [0.15, 0.2) is 0 Å². The molecule has 0 amide bonds. The van der Waals surface area contributed by atoms with Crippen LogP contribution in [0.1, 0.15) is 134 Å². The maximum absolute atomic E-state index is 6.34. The van der Waals surface area contributed by atoms with Crippen molar-refractivity contribution in [1.29, 1.82) is 0 Å². The first-order valence-corrected chi connectivity index (χ1v) is 26.8. The first kappa shape index (κ1) is 50.1. The molecule has 5 heteroatoms. The Kier molecular flexibility index (Phi) is 14.7. The van der Waals surface area contributed by atoms with Crippen LogP contribution in [0.2, 0.25) is 10.0 Å². The summed E-state index contributed by atoms with van der Waals surface area (Å²) in [5, 5.41) is 1.51. The van der Waals surface area contributed by atoms with Crippen molar-refractivity contribution >= 4 is 29.7 Å². The summed E-state index contributed by atoms with van der Waals surface area (Å²) in [5.41, 5.74) is 19.2. The summed E-state index contributed by atoms with van der Waals surface area (Å²) in [7, 11) is 0. The van der Waals surface area contributed by atoms with Crippen LogP contribution < -0.4 is 28.1 Å². The van der Waals surface area contributed by atoms with Gasteiger partial charge in [0.2, 0.25) is 0 Å². The third-order valence-corrected chi connectivity index (χ3v) is 21.0. The fourth-order valence-corrected chi connectivity index (χ4v) is 19.0. The molecule has 64 heavy (non-hydrogen) atoms. The molecule has 0 fully saturated rings. The molecule has 2 aliphatic carbocycles. The van der Waals surface area contributed by atoms with Gasteiger partial charge in [-0.1, -0.05) is 0 Å². The SMILES string of the molecule is CC(C)(C)c1cc2c(cc1C(C)(C)C)-c1cc(C(C)(C)C)c(C(C)(C)C)[c]([Zr+2]([C]3=CC=CC3)=[C](c3ccc(-c4ccc(Cl)cc4)cc3)c3ccc(-c4ccc(Cl)cc4)cc3)c1C2.[Cl-].[Cl-]. The predicted octanol–water partition coefficient (Wildman–Crippen LogP) is 10.5. The standard InChI is InChI=1S/C29H41.C25H16Cl2.C5H5.2ClH.Zr/c1-26(2,3)22-14-18-13-19-15-23(27(4,5)6)25(29(10,11)12)17-21(19)20(18)16-24(22)28(7,8)9;26-24-13-9-22(10-14-24)20-5-1-18(2-6-20)17-19-3-7-21(8-4-19)23-11-15-25(27)16-12-23;1-2-4-5-3-1;;;/h14,16-17H,13H2,1-12H3;1-16H;1-3H,4H2;2*1H;/q;;;;;+2/p-2. The fraction of sp³-hybridized carbons (Fsp3) is 0.305. The summed E-state index contributed by atoms with van der Waals surface area (Å²) >= 11 is 9.52. The molecular weight excluding hydrogens is 942 g/mol. The van der Waals surface area contributed by atoms with Crippen molar-refractivity contribution in [1.82, 2.24) is 0 Å². The second kappa shape index (κ2) is 18.8. The van der Waals surface area contributed by atoms with E-state index in [1.165, 1.54) is 70.0 Å². The molecular formula is C59H62Cl4Zr. The molecule has 6 aromatic carbocycles. The van der Waals surface area contributed by atoms with Crippen molar-refractivity contribution in [3.63, 3.8) is 0 Å². The van der Waals surface area contributed by atoms with Gasteiger partial charge in [-0.25, -0.2) is 0 Å². The summed E-state index contributed by atoms with van der Waals surface area (Å²) in [5.74, 6) is 0. The minimum absolute atomic E-state index is 0. The van der Waals surface area contributed by atoms with Gasteiger partial charge in [-0.2, -0.15) is 0 Å². The average molecular weight is 1000 g/mol. The Morgan fingerprint density at radius 1 is 0.484 bits per heavy atom. The van der Waals surface area contributed by atoms with Crippen molar-refractivity contribution in [3.05, 3.63) is 191 Å². The number of rotatable bonds is 6. The Bertz CT molecular complexity index is 2680. The van der Waals surface area contributed by atoms with E-state index in [9.17, 15) is 0 Å². The van der Waals surface area contributed by atoms with E-state index in [0.717, 1.165) is 22.9 Å². The summed E-state index contributed by atoms with van der Waals surface area (Å²) < 4.78 is 4.85. The molecule has 6 aromatic rings. The molecule has 0 aliphatic heterocycles. The van der Waals surface area contributed by atoms with Gasteiger partial charge in [-0.05, 0) is 0 Å². The molecule has 0 bridgehead atoms. The van der Waals surface area contributed by atoms with E-state index in [0.29, 0.717) is 0 Å². The van der Waals surface area contributed by atoms with Gasteiger partial charge in [-0.3, -0.25) is 0 Å². The maximum Gasteiger partial charge on any atom is -1.00 e. The van der Waals surface area contributed by atoms with Crippen molar-refractivity contribution in [3.8, 4) is 33.4 Å². The predicted molar refractivity (Wildman–Crippen MR) is 268 cm³/mol. The van der Waals surface area contributed by atoms with Gasteiger partial charge >= 0.3 is 393 Å². The van der Waals surface area contributed by atoms with Crippen LogP contribution in [0.4, 0.5) is 0 Å². The first-order valence-electron chi connectivity index (χ1n) is 22.3. The van der Waals surface area contributed by atoms with E-state index in [-0.39, 0.29) is 46.5 Å². The van der Waals surface area contributed by atoms with E-state index < -0.39 is 21.3 Å². The molecule has 0 atom stereocenters. The molecule has 0 aromatic heterocycles. The quantitative estimate of drug-likeness (QED) is 0.156. The van der Waals surface area contributed by atoms with E-state index in [4.69, 9.17) is 23.2 Å². The van der Waals surface area contributed by atoms with Crippen LogP contribution in [0.15, 0.2) is 137 Å². The molecule has 0 nitrogen and oxygen atoms in total. The third kappa shape index (κ3) is 10.0. The number of benzene rings is 6. The van der Waals surface area contributed by atoms with Crippen LogP contribution in [0.3, 0.4) is 0 Å². The number of hydrogen-bond acceptors (Lipinski definition) is 0. The fourth-order valence-electron chi connectivity index (χ4n) is 9.74. The molecule has 0 radical (unpaired) electrons. The minimum atomic E-state index is -3.16. The molecule has 0 heterocycles. The number of halogens is 4. The summed E-state index contributed by atoms with van der Waals surface area (Å²) in [6.07, 6.45) is 9.18. The average Bonchev–Trinajstić information content (AvgIpc) is 3.87. The van der Waals surface area contributed by atoms with Crippen LogP contribution >= 0.6 is 23.2 Å². The Morgan fingerprint density at radius 2 is 0.891 bits per heavy atom. The smallest absolute Gasteiger partial charge is 1.00 e. The van der Waals surface area contributed by atoms with Crippen LogP contribution in [-0.2, 0) is 49.3 Å². The first-order chi connectivity index (χ1) is 29.1. The van der Waals surface area contributed by atoms with Gasteiger partial charge in [0.25, 0.3) is 0 Å². The Hall–Kier alpha value is -3.29. The van der Waals surface area contributed by atoms with Crippen LogP contribution in [0, 0.1) is 0 Å². The van der Waals surface area contributed by atoms with Crippen LogP contribution in [0.5, 0.6) is 0 Å². The summed E-state index contributed by atoms with van der Waals surface area (Å²) in [4.78, 5) is 0. The largest absolute Gasteiger partial charge is 1.00 e. The number of hydrogen-bond donors (Lipinski definition) is 0. The van der Waals surface area contributed by atoms with Crippen LogP contribution in [-0.4, -0.2) is 3.21 Å². The van der Waals surface area contributed by atoms with Crippen molar-refractivity contribution in [2.75, 3.05) is 0 Å². The number of fused-ring (bicyclic) bond motifs is 3. The minimum Gasteiger partial charge on any atom is -1.00 e. The van der Waals surface area contributed by atoms with Crippen molar-refractivity contribution in [2.24, 2.45) is 0 Å². The zero-order chi connectivity index (χ0) is 44.5. The topological polar surface area (TPSA) is 0 Å². The van der Waals surface area contributed by atoms with Gasteiger partial charge in [0.1, 0.15) is 0 Å². The molecule has 0 saturated carbocycles. The van der Waals surface area contributed by atoms with Gasteiger partial charge in [-0.15, -0.1) is 0 Å². The number of allylic oxidation sites excluding steroid dienone is 4. The van der Waals surface area contributed by atoms with Gasteiger partial charge in [0, 0.05) is 0 Å². The van der Waals surface area contributed by atoms with Gasteiger partial charge < -0.3 is 24.8 Å². The second-order valence-corrected chi connectivity index (χ2v) is 28.4. The monoisotopic (exact) mass is 1000 g/mol. The summed E-state index contributed by atoms with van der Waals surface area (Å²) in [6.45, 7) is 29.0. The summed E-state index contributed by atoms with van der Waals surface area (Å²) in [6, 6.07) is 43.2. The Labute approximate surface area is 414 Å². The van der Waals surface area contributed by atoms with E-state index in [1.807, 2.05) is 24.3 Å². The zero-order valence-electron chi connectivity index (χ0n) is 39.6. The van der Waals surface area contributed by atoms with Gasteiger partial charge in [0.05, 0.1) is 0 Å². The third-order valence-electron chi connectivity index (χ3n) is 12.8. The molecule has 2 aliphatic rings. The van der Waals surface area contributed by atoms with E-state index in [2.05, 4.69) is 192 Å². The maximum atomic E-state index is 6.34. The van der Waals surface area contributed by atoms with E-state index in [1.54, 1.807) is 17.7 Å². The molecule has 330 valence electrons. The molecule has 8 rings (SSSR count). The normalized spacial score (nSPS) is 13.3. The molecule has 0 unspecified atom stereocenters. The van der Waals surface area contributed by atoms with Crippen molar-refractivity contribution < 1.29 is 46.1 Å². The Morgan fingerprint density at radius 3 is 1.28 bits per heavy atom.